The zero-order valence-electron chi connectivity index (χ0n) is 11.5. The van der Waals surface area contributed by atoms with E-state index in [9.17, 15) is 0 Å². The minimum absolute atomic E-state index is 0.0413. The van der Waals surface area contributed by atoms with Gasteiger partial charge in [0.1, 0.15) is 6.04 Å². The van der Waals surface area contributed by atoms with E-state index in [4.69, 9.17) is 9.26 Å². The van der Waals surface area contributed by atoms with Gasteiger partial charge in [-0.25, -0.2) is 0 Å². The van der Waals surface area contributed by atoms with Crippen LogP contribution in [0.1, 0.15) is 30.2 Å². The first kappa shape index (κ1) is 13.2. The Morgan fingerprint density at radius 1 is 1.35 bits per heavy atom. The lowest BCUT2D eigenvalue weighted by atomic mass is 10.1. The fourth-order valence-electron chi connectivity index (χ4n) is 2.41. The van der Waals surface area contributed by atoms with Crippen LogP contribution in [0.15, 0.2) is 29.0 Å². The van der Waals surface area contributed by atoms with Crippen molar-refractivity contribution in [1.29, 1.82) is 0 Å². The van der Waals surface area contributed by atoms with Gasteiger partial charge < -0.3 is 9.26 Å². The first-order valence-corrected chi connectivity index (χ1v) is 6.92. The van der Waals surface area contributed by atoms with E-state index in [0.29, 0.717) is 5.89 Å². The third-order valence-electron chi connectivity index (χ3n) is 3.44. The van der Waals surface area contributed by atoms with Gasteiger partial charge in [-0.15, -0.1) is 0 Å². The molecule has 0 aliphatic carbocycles. The Kier molecular flexibility index (Phi) is 4.03. The van der Waals surface area contributed by atoms with Crippen LogP contribution in [-0.4, -0.2) is 46.3 Å². The predicted molar refractivity (Wildman–Crippen MR) is 72.1 cm³/mol. The maximum atomic E-state index is 5.45. The Bertz CT molecular complexity index is 537. The number of pyridine rings is 1. The maximum Gasteiger partial charge on any atom is 0.248 e. The third kappa shape index (κ3) is 2.71. The van der Waals surface area contributed by atoms with E-state index in [2.05, 4.69) is 20.0 Å². The van der Waals surface area contributed by atoms with E-state index < -0.39 is 0 Å². The molecule has 1 aliphatic heterocycles. The zero-order chi connectivity index (χ0) is 13.8. The third-order valence-corrected chi connectivity index (χ3v) is 3.44. The molecule has 0 spiro atoms. The summed E-state index contributed by atoms with van der Waals surface area (Å²) in [6.45, 7) is 5.17. The summed E-state index contributed by atoms with van der Waals surface area (Å²) in [5, 5.41) is 4.01. The SMILES string of the molecule is CCc1noc(C(c2cccnc2)N2CCOCC2)n1. The molecule has 2 aromatic rings. The van der Waals surface area contributed by atoms with Crippen molar-refractivity contribution < 1.29 is 9.26 Å². The quantitative estimate of drug-likeness (QED) is 0.840. The average Bonchev–Trinajstić information content (AvgIpc) is 2.98. The summed E-state index contributed by atoms with van der Waals surface area (Å²) >= 11 is 0. The van der Waals surface area contributed by atoms with E-state index in [1.807, 2.05) is 25.3 Å². The molecule has 1 aliphatic rings. The topological polar surface area (TPSA) is 64.3 Å². The van der Waals surface area contributed by atoms with Gasteiger partial charge in [0, 0.05) is 31.9 Å². The molecule has 106 valence electrons. The Morgan fingerprint density at radius 3 is 2.85 bits per heavy atom. The Morgan fingerprint density at radius 2 is 2.20 bits per heavy atom. The minimum atomic E-state index is -0.0413. The molecule has 0 saturated carbocycles. The number of aromatic nitrogens is 3. The highest BCUT2D eigenvalue weighted by molar-refractivity contribution is 5.20. The van der Waals surface area contributed by atoms with E-state index in [0.717, 1.165) is 44.1 Å². The lowest BCUT2D eigenvalue weighted by Gasteiger charge is -2.32. The van der Waals surface area contributed by atoms with E-state index in [1.54, 1.807) is 6.20 Å². The number of rotatable bonds is 4. The largest absolute Gasteiger partial charge is 0.379 e. The van der Waals surface area contributed by atoms with Gasteiger partial charge in [-0.2, -0.15) is 4.98 Å². The first-order valence-electron chi connectivity index (χ1n) is 6.92. The highest BCUT2D eigenvalue weighted by atomic mass is 16.5. The Hall–Kier alpha value is -1.79. The van der Waals surface area contributed by atoms with Crippen molar-refractivity contribution >= 4 is 0 Å². The van der Waals surface area contributed by atoms with Crippen molar-refractivity contribution in [1.82, 2.24) is 20.0 Å². The maximum absolute atomic E-state index is 5.45. The normalized spacial score (nSPS) is 18.1. The fourth-order valence-corrected chi connectivity index (χ4v) is 2.41. The van der Waals surface area contributed by atoms with Crippen LogP contribution < -0.4 is 0 Å². The van der Waals surface area contributed by atoms with E-state index in [-0.39, 0.29) is 6.04 Å². The molecule has 1 fully saturated rings. The Labute approximate surface area is 117 Å². The second kappa shape index (κ2) is 6.11. The standard InChI is InChI=1S/C14H18N4O2/c1-2-12-16-14(20-17-12)13(11-4-3-5-15-10-11)18-6-8-19-9-7-18/h3-5,10,13H,2,6-9H2,1H3. The monoisotopic (exact) mass is 274 g/mol. The lowest BCUT2D eigenvalue weighted by Crippen LogP contribution is -2.39. The van der Waals surface area contributed by atoms with Gasteiger partial charge in [-0.05, 0) is 11.6 Å². The van der Waals surface area contributed by atoms with Crippen LogP contribution in [0.2, 0.25) is 0 Å². The van der Waals surface area contributed by atoms with Crippen LogP contribution in [0.5, 0.6) is 0 Å². The van der Waals surface area contributed by atoms with Crippen molar-refractivity contribution in [2.45, 2.75) is 19.4 Å². The molecule has 2 aromatic heterocycles. The summed E-state index contributed by atoms with van der Waals surface area (Å²) in [5.74, 6) is 1.37. The molecule has 0 aromatic carbocycles. The van der Waals surface area contributed by atoms with E-state index >= 15 is 0 Å². The fraction of sp³-hybridized carbons (Fsp3) is 0.500. The minimum Gasteiger partial charge on any atom is -0.379 e. The molecular formula is C14H18N4O2. The van der Waals surface area contributed by atoms with E-state index in [1.165, 1.54) is 0 Å². The second-order valence-corrected chi connectivity index (χ2v) is 4.74. The number of nitrogens with zero attached hydrogens (tertiary/aromatic N) is 4. The number of hydrogen-bond acceptors (Lipinski definition) is 6. The smallest absolute Gasteiger partial charge is 0.248 e. The molecule has 6 nitrogen and oxygen atoms in total. The number of hydrogen-bond donors (Lipinski definition) is 0. The van der Waals surface area contributed by atoms with Crippen molar-refractivity contribution in [3.63, 3.8) is 0 Å². The zero-order valence-corrected chi connectivity index (χ0v) is 11.5. The molecular weight excluding hydrogens is 256 g/mol. The number of morpholine rings is 1. The van der Waals surface area contributed by atoms with Gasteiger partial charge in [0.2, 0.25) is 5.89 Å². The van der Waals surface area contributed by atoms with Crippen LogP contribution in [0, 0.1) is 0 Å². The second-order valence-electron chi connectivity index (χ2n) is 4.74. The highest BCUT2D eigenvalue weighted by Gasteiger charge is 2.29. The molecule has 6 heteroatoms. The average molecular weight is 274 g/mol. The number of aryl methyl sites for hydroxylation is 1. The molecule has 20 heavy (non-hydrogen) atoms. The van der Waals surface area contributed by atoms with Crippen molar-refractivity contribution in [3.05, 3.63) is 41.8 Å². The van der Waals surface area contributed by atoms with Crippen LogP contribution >= 0.6 is 0 Å². The molecule has 3 rings (SSSR count). The molecule has 1 unspecified atom stereocenters. The van der Waals surface area contributed by atoms with Crippen molar-refractivity contribution in [3.8, 4) is 0 Å². The summed E-state index contributed by atoms with van der Waals surface area (Å²) in [6.07, 6.45) is 4.40. The van der Waals surface area contributed by atoms with Crippen molar-refractivity contribution in [2.24, 2.45) is 0 Å². The summed E-state index contributed by atoms with van der Waals surface area (Å²) < 4.78 is 10.9. The lowest BCUT2D eigenvalue weighted by molar-refractivity contribution is 0.0180. The van der Waals surface area contributed by atoms with Crippen LogP contribution in [0.25, 0.3) is 0 Å². The van der Waals surface area contributed by atoms with Gasteiger partial charge in [-0.3, -0.25) is 9.88 Å². The van der Waals surface area contributed by atoms with Gasteiger partial charge in [0.05, 0.1) is 13.2 Å². The summed E-state index contributed by atoms with van der Waals surface area (Å²) in [7, 11) is 0. The molecule has 0 N–H and O–H groups in total. The Balaban J connectivity index is 1.94. The number of ether oxygens (including phenoxy) is 1. The molecule has 0 radical (unpaired) electrons. The van der Waals surface area contributed by atoms with Gasteiger partial charge >= 0.3 is 0 Å². The molecule has 1 saturated heterocycles. The van der Waals surface area contributed by atoms with Crippen LogP contribution in [0.4, 0.5) is 0 Å². The molecule has 0 amide bonds. The van der Waals surface area contributed by atoms with Gasteiger partial charge in [0.25, 0.3) is 0 Å². The molecule has 1 atom stereocenters. The van der Waals surface area contributed by atoms with Gasteiger partial charge in [-0.1, -0.05) is 18.1 Å². The van der Waals surface area contributed by atoms with Crippen LogP contribution in [0.3, 0.4) is 0 Å². The van der Waals surface area contributed by atoms with Gasteiger partial charge in [0.15, 0.2) is 5.82 Å². The summed E-state index contributed by atoms with van der Waals surface area (Å²) in [4.78, 5) is 11.0. The van der Waals surface area contributed by atoms with Crippen molar-refractivity contribution in [2.75, 3.05) is 26.3 Å². The summed E-state index contributed by atoms with van der Waals surface area (Å²) in [5.41, 5.74) is 1.07. The molecule has 0 bridgehead atoms. The first-order chi connectivity index (χ1) is 9.88. The summed E-state index contributed by atoms with van der Waals surface area (Å²) in [6, 6.07) is 3.93. The van der Waals surface area contributed by atoms with Crippen LogP contribution in [-0.2, 0) is 11.2 Å². The predicted octanol–water partition coefficient (Wildman–Crippen LogP) is 1.45. The molecule has 3 heterocycles. The highest BCUT2D eigenvalue weighted by Crippen LogP contribution is 2.27.